The molecule has 0 atom stereocenters. The molecule has 0 fully saturated rings. The van der Waals surface area contributed by atoms with E-state index in [1.165, 1.54) is 23.9 Å². The van der Waals surface area contributed by atoms with E-state index in [0.717, 1.165) is 27.5 Å². The molecule has 0 aliphatic carbocycles. The smallest absolute Gasteiger partial charge is 0.166 e. The van der Waals surface area contributed by atoms with Crippen molar-refractivity contribution in [2.24, 2.45) is 0 Å². The SMILES string of the molecule is Cc1cccc(Sc2ccc(C(F)(F)F)cc2)c1. The molecule has 18 heavy (non-hydrogen) atoms. The van der Waals surface area contributed by atoms with Gasteiger partial charge in [-0.25, -0.2) is 0 Å². The summed E-state index contributed by atoms with van der Waals surface area (Å²) >= 11 is 1.45. The van der Waals surface area contributed by atoms with Crippen molar-refractivity contribution in [3.05, 3.63) is 59.7 Å². The van der Waals surface area contributed by atoms with Crippen LogP contribution in [0.2, 0.25) is 0 Å². The molecule has 0 bridgehead atoms. The lowest BCUT2D eigenvalue weighted by molar-refractivity contribution is -0.137. The third kappa shape index (κ3) is 3.29. The van der Waals surface area contributed by atoms with Gasteiger partial charge in [0.05, 0.1) is 5.56 Å². The summed E-state index contributed by atoms with van der Waals surface area (Å²) in [6, 6.07) is 13.1. The fourth-order valence-corrected chi connectivity index (χ4v) is 2.46. The maximum atomic E-state index is 12.4. The van der Waals surface area contributed by atoms with E-state index in [4.69, 9.17) is 0 Å². The van der Waals surface area contributed by atoms with Crippen molar-refractivity contribution in [3.8, 4) is 0 Å². The molecule has 0 radical (unpaired) electrons. The van der Waals surface area contributed by atoms with Crippen molar-refractivity contribution in [1.82, 2.24) is 0 Å². The Balaban J connectivity index is 2.16. The third-order valence-corrected chi connectivity index (χ3v) is 3.40. The van der Waals surface area contributed by atoms with Gasteiger partial charge in [-0.2, -0.15) is 13.2 Å². The molecular formula is C14H11F3S. The maximum Gasteiger partial charge on any atom is 0.416 e. The Morgan fingerprint density at radius 2 is 1.56 bits per heavy atom. The van der Waals surface area contributed by atoms with Crippen LogP contribution in [-0.4, -0.2) is 0 Å². The molecule has 4 heteroatoms. The monoisotopic (exact) mass is 268 g/mol. The van der Waals surface area contributed by atoms with Gasteiger partial charge in [-0.3, -0.25) is 0 Å². The van der Waals surface area contributed by atoms with Crippen molar-refractivity contribution in [2.45, 2.75) is 22.9 Å². The molecule has 0 amide bonds. The molecule has 0 spiro atoms. The normalized spacial score (nSPS) is 11.6. The van der Waals surface area contributed by atoms with Gasteiger partial charge in [-0.1, -0.05) is 29.5 Å². The van der Waals surface area contributed by atoms with Gasteiger partial charge in [0, 0.05) is 9.79 Å². The highest BCUT2D eigenvalue weighted by molar-refractivity contribution is 7.99. The molecule has 0 saturated heterocycles. The molecule has 0 aromatic heterocycles. The molecule has 0 unspecified atom stereocenters. The number of hydrogen-bond acceptors (Lipinski definition) is 1. The standard InChI is InChI=1S/C14H11F3S/c1-10-3-2-4-13(9-10)18-12-7-5-11(6-8-12)14(15,16)17/h2-9H,1H3. The zero-order valence-corrected chi connectivity index (χ0v) is 10.5. The topological polar surface area (TPSA) is 0 Å². The van der Waals surface area contributed by atoms with Crippen LogP contribution >= 0.6 is 11.8 Å². The first-order valence-electron chi connectivity index (χ1n) is 5.37. The number of benzene rings is 2. The summed E-state index contributed by atoms with van der Waals surface area (Å²) in [5, 5.41) is 0. The Morgan fingerprint density at radius 3 is 2.11 bits per heavy atom. The molecule has 0 aliphatic rings. The van der Waals surface area contributed by atoms with Crippen molar-refractivity contribution >= 4 is 11.8 Å². The first-order valence-corrected chi connectivity index (χ1v) is 6.18. The highest BCUT2D eigenvalue weighted by Gasteiger charge is 2.29. The zero-order chi connectivity index (χ0) is 13.2. The summed E-state index contributed by atoms with van der Waals surface area (Å²) in [4.78, 5) is 1.82. The average molecular weight is 268 g/mol. The lowest BCUT2D eigenvalue weighted by Gasteiger charge is -2.07. The van der Waals surface area contributed by atoms with Crippen LogP contribution in [0.25, 0.3) is 0 Å². The highest BCUT2D eigenvalue weighted by atomic mass is 32.2. The predicted molar refractivity (Wildman–Crippen MR) is 66.7 cm³/mol. The van der Waals surface area contributed by atoms with E-state index in [1.807, 2.05) is 31.2 Å². The Hall–Kier alpha value is -1.42. The average Bonchev–Trinajstić information content (AvgIpc) is 2.28. The summed E-state index contributed by atoms with van der Waals surface area (Å²) in [6.45, 7) is 1.98. The summed E-state index contributed by atoms with van der Waals surface area (Å²) in [7, 11) is 0. The van der Waals surface area contributed by atoms with E-state index < -0.39 is 11.7 Å². The Labute approximate surface area is 108 Å². The maximum absolute atomic E-state index is 12.4. The second-order valence-electron chi connectivity index (χ2n) is 3.94. The quantitative estimate of drug-likeness (QED) is 0.724. The van der Waals surface area contributed by atoms with E-state index in [1.54, 1.807) is 0 Å². The van der Waals surface area contributed by atoms with Crippen LogP contribution in [0, 0.1) is 6.92 Å². The Kier molecular flexibility index (Phi) is 3.66. The molecule has 0 aliphatic heterocycles. The van der Waals surface area contributed by atoms with Gasteiger partial charge in [-0.05, 0) is 43.3 Å². The fourth-order valence-electron chi connectivity index (χ4n) is 1.53. The number of halogens is 3. The number of aryl methyl sites for hydroxylation is 1. The van der Waals surface area contributed by atoms with E-state index in [2.05, 4.69) is 0 Å². The van der Waals surface area contributed by atoms with Gasteiger partial charge in [-0.15, -0.1) is 0 Å². The predicted octanol–water partition coefficient (Wildman–Crippen LogP) is 5.17. The Bertz CT molecular complexity index is 529. The summed E-state index contributed by atoms with van der Waals surface area (Å²) < 4.78 is 37.2. The summed E-state index contributed by atoms with van der Waals surface area (Å²) in [5.41, 5.74) is 0.517. The van der Waals surface area contributed by atoms with E-state index in [9.17, 15) is 13.2 Å². The van der Waals surface area contributed by atoms with Crippen LogP contribution in [0.4, 0.5) is 13.2 Å². The van der Waals surface area contributed by atoms with Crippen LogP contribution < -0.4 is 0 Å². The van der Waals surface area contributed by atoms with E-state index >= 15 is 0 Å². The van der Waals surface area contributed by atoms with Crippen LogP contribution in [-0.2, 0) is 6.18 Å². The largest absolute Gasteiger partial charge is 0.416 e. The summed E-state index contributed by atoms with van der Waals surface area (Å²) in [6.07, 6.45) is -4.27. The molecular weight excluding hydrogens is 257 g/mol. The van der Waals surface area contributed by atoms with Crippen LogP contribution in [0.1, 0.15) is 11.1 Å². The summed E-state index contributed by atoms with van der Waals surface area (Å²) in [5.74, 6) is 0. The minimum atomic E-state index is -4.27. The van der Waals surface area contributed by atoms with Gasteiger partial charge in [0.25, 0.3) is 0 Å². The first kappa shape index (κ1) is 13.0. The van der Waals surface area contributed by atoms with Crippen molar-refractivity contribution < 1.29 is 13.2 Å². The lowest BCUT2D eigenvalue weighted by Crippen LogP contribution is -2.03. The van der Waals surface area contributed by atoms with Crippen LogP contribution in [0.5, 0.6) is 0 Å². The molecule has 2 aromatic rings. The lowest BCUT2D eigenvalue weighted by atomic mass is 10.2. The van der Waals surface area contributed by atoms with Gasteiger partial charge in [0.2, 0.25) is 0 Å². The van der Waals surface area contributed by atoms with Crippen LogP contribution in [0.3, 0.4) is 0 Å². The van der Waals surface area contributed by atoms with Gasteiger partial charge < -0.3 is 0 Å². The molecule has 94 valence electrons. The number of rotatable bonds is 2. The molecule has 0 N–H and O–H groups in total. The third-order valence-electron chi connectivity index (χ3n) is 2.41. The van der Waals surface area contributed by atoms with Crippen molar-refractivity contribution in [1.29, 1.82) is 0 Å². The van der Waals surface area contributed by atoms with Gasteiger partial charge in [0.15, 0.2) is 0 Å². The van der Waals surface area contributed by atoms with Crippen LogP contribution in [0.15, 0.2) is 58.3 Å². The second-order valence-corrected chi connectivity index (χ2v) is 5.09. The highest BCUT2D eigenvalue weighted by Crippen LogP contribution is 2.33. The number of hydrogen-bond donors (Lipinski definition) is 0. The van der Waals surface area contributed by atoms with E-state index in [-0.39, 0.29) is 0 Å². The molecule has 0 nitrogen and oxygen atoms in total. The number of alkyl halides is 3. The molecule has 2 aromatic carbocycles. The molecule has 2 rings (SSSR count). The molecule has 0 saturated carbocycles. The van der Waals surface area contributed by atoms with Crippen molar-refractivity contribution in [3.63, 3.8) is 0 Å². The first-order chi connectivity index (χ1) is 8.45. The van der Waals surface area contributed by atoms with E-state index in [0.29, 0.717) is 0 Å². The minimum absolute atomic E-state index is 0.615. The van der Waals surface area contributed by atoms with Gasteiger partial charge in [0.1, 0.15) is 0 Å². The van der Waals surface area contributed by atoms with Crippen molar-refractivity contribution in [2.75, 3.05) is 0 Å². The fraction of sp³-hybridized carbons (Fsp3) is 0.143. The minimum Gasteiger partial charge on any atom is -0.166 e. The van der Waals surface area contributed by atoms with Gasteiger partial charge >= 0.3 is 6.18 Å². The molecule has 0 heterocycles. The second kappa shape index (κ2) is 5.06. The zero-order valence-electron chi connectivity index (χ0n) is 9.66. The Morgan fingerprint density at radius 1 is 0.889 bits per heavy atom.